The van der Waals surface area contributed by atoms with Gasteiger partial charge < -0.3 is 10.5 Å². The number of nitriles is 1. The Bertz CT molecular complexity index is 732. The van der Waals surface area contributed by atoms with Crippen molar-refractivity contribution in [3.63, 3.8) is 0 Å². The minimum atomic E-state index is -0.586. The van der Waals surface area contributed by atoms with Gasteiger partial charge in [-0.05, 0) is 41.5 Å². The molecule has 4 heteroatoms. The molecule has 24 heavy (non-hydrogen) atoms. The zero-order valence-electron chi connectivity index (χ0n) is 14.0. The van der Waals surface area contributed by atoms with Gasteiger partial charge in [0.05, 0.1) is 18.7 Å². The second-order valence-electron chi connectivity index (χ2n) is 5.92. The summed E-state index contributed by atoms with van der Waals surface area (Å²) in [5.74, 6) is -0.317. The number of rotatable bonds is 6. The fourth-order valence-electron chi connectivity index (χ4n) is 2.63. The van der Waals surface area contributed by atoms with Crippen molar-refractivity contribution in [2.24, 2.45) is 11.7 Å². The summed E-state index contributed by atoms with van der Waals surface area (Å²) in [4.78, 5) is 11.5. The van der Waals surface area contributed by atoms with Gasteiger partial charge in [0.2, 0.25) is 0 Å². The minimum Gasteiger partial charge on any atom is -0.468 e. The third-order valence-corrected chi connectivity index (χ3v) is 4.29. The monoisotopic (exact) mass is 322 g/mol. The van der Waals surface area contributed by atoms with Crippen molar-refractivity contribution < 1.29 is 9.53 Å². The van der Waals surface area contributed by atoms with Crippen molar-refractivity contribution in [3.05, 3.63) is 59.7 Å². The molecular weight excluding hydrogens is 300 g/mol. The van der Waals surface area contributed by atoms with E-state index in [0.717, 1.165) is 24.0 Å². The SMILES string of the molecule is COC(=O)[C@@H](N)C(C)CCc1ccc(-c2ccccc2C#N)cc1. The molecule has 0 bridgehead atoms. The first-order valence-electron chi connectivity index (χ1n) is 7.98. The highest BCUT2D eigenvalue weighted by molar-refractivity contribution is 5.75. The lowest BCUT2D eigenvalue weighted by atomic mass is 9.93. The maximum atomic E-state index is 11.5. The molecule has 0 heterocycles. The molecule has 0 aliphatic heterocycles. The molecule has 2 N–H and O–H groups in total. The van der Waals surface area contributed by atoms with Crippen molar-refractivity contribution in [3.8, 4) is 17.2 Å². The van der Waals surface area contributed by atoms with Crippen LogP contribution < -0.4 is 5.73 Å². The zero-order valence-corrected chi connectivity index (χ0v) is 14.0. The first kappa shape index (κ1) is 17.7. The number of carbonyl (C=O) groups is 1. The third kappa shape index (κ3) is 4.21. The van der Waals surface area contributed by atoms with Gasteiger partial charge in [0.1, 0.15) is 6.04 Å². The second kappa shape index (κ2) is 8.28. The molecule has 4 nitrogen and oxygen atoms in total. The topological polar surface area (TPSA) is 76.1 Å². The average molecular weight is 322 g/mol. The Labute approximate surface area is 142 Å². The van der Waals surface area contributed by atoms with Gasteiger partial charge in [-0.3, -0.25) is 4.79 Å². The summed E-state index contributed by atoms with van der Waals surface area (Å²) >= 11 is 0. The molecule has 0 saturated carbocycles. The Morgan fingerprint density at radius 1 is 1.21 bits per heavy atom. The number of hydrogen-bond acceptors (Lipinski definition) is 4. The van der Waals surface area contributed by atoms with Gasteiger partial charge in [0.15, 0.2) is 0 Å². The largest absolute Gasteiger partial charge is 0.468 e. The van der Waals surface area contributed by atoms with Gasteiger partial charge in [-0.2, -0.15) is 5.26 Å². The molecule has 124 valence electrons. The number of esters is 1. The minimum absolute atomic E-state index is 0.0523. The van der Waals surface area contributed by atoms with Crippen LogP contribution in [0.15, 0.2) is 48.5 Å². The van der Waals surface area contributed by atoms with E-state index in [-0.39, 0.29) is 11.9 Å². The normalized spacial score (nSPS) is 12.9. The van der Waals surface area contributed by atoms with E-state index in [1.54, 1.807) is 0 Å². The van der Waals surface area contributed by atoms with Crippen LogP contribution in [0.5, 0.6) is 0 Å². The van der Waals surface area contributed by atoms with Crippen LogP contribution in [0.1, 0.15) is 24.5 Å². The zero-order chi connectivity index (χ0) is 17.5. The highest BCUT2D eigenvalue weighted by Crippen LogP contribution is 2.24. The Morgan fingerprint density at radius 3 is 2.50 bits per heavy atom. The number of benzene rings is 2. The van der Waals surface area contributed by atoms with E-state index in [0.29, 0.717) is 5.56 Å². The predicted octanol–water partition coefficient (Wildman–Crippen LogP) is 3.29. The Balaban J connectivity index is 2.03. The highest BCUT2D eigenvalue weighted by atomic mass is 16.5. The first-order valence-corrected chi connectivity index (χ1v) is 7.98. The van der Waals surface area contributed by atoms with Crippen LogP contribution in [0.2, 0.25) is 0 Å². The molecule has 2 atom stereocenters. The lowest BCUT2D eigenvalue weighted by molar-refractivity contribution is -0.143. The van der Waals surface area contributed by atoms with E-state index in [1.807, 2.05) is 43.3 Å². The smallest absolute Gasteiger partial charge is 0.322 e. The van der Waals surface area contributed by atoms with Gasteiger partial charge >= 0.3 is 5.97 Å². The lowest BCUT2D eigenvalue weighted by Gasteiger charge is -2.17. The van der Waals surface area contributed by atoms with Gasteiger partial charge in [0.25, 0.3) is 0 Å². The summed E-state index contributed by atoms with van der Waals surface area (Å²) in [6.45, 7) is 1.96. The molecule has 0 aliphatic rings. The number of hydrogen-bond donors (Lipinski definition) is 1. The van der Waals surface area contributed by atoms with Crippen LogP contribution >= 0.6 is 0 Å². The van der Waals surface area contributed by atoms with E-state index in [2.05, 4.69) is 22.9 Å². The molecule has 0 aromatic heterocycles. The Kier molecular flexibility index (Phi) is 6.11. The van der Waals surface area contributed by atoms with E-state index in [4.69, 9.17) is 5.73 Å². The van der Waals surface area contributed by atoms with Gasteiger partial charge in [-0.25, -0.2) is 0 Å². The van der Waals surface area contributed by atoms with Crippen LogP contribution in [0.4, 0.5) is 0 Å². The molecular formula is C20H22N2O2. The van der Waals surface area contributed by atoms with Crippen molar-refractivity contribution in [2.75, 3.05) is 7.11 Å². The Hall–Kier alpha value is -2.64. The van der Waals surface area contributed by atoms with Crippen LogP contribution in [0.3, 0.4) is 0 Å². The summed E-state index contributed by atoms with van der Waals surface area (Å²) in [5.41, 5.74) is 9.67. The standard InChI is InChI=1S/C20H22N2O2/c1-14(19(22)20(23)24-2)7-8-15-9-11-16(12-10-15)18-6-4-3-5-17(18)13-21/h3-6,9-12,14,19H,7-8,22H2,1-2H3/t14?,19-/m0/s1. The number of aryl methyl sites for hydroxylation is 1. The van der Waals surface area contributed by atoms with E-state index in [9.17, 15) is 10.1 Å². The summed E-state index contributed by atoms with van der Waals surface area (Å²) in [5, 5.41) is 9.20. The van der Waals surface area contributed by atoms with Crippen LogP contribution in [-0.2, 0) is 16.0 Å². The average Bonchev–Trinajstić information content (AvgIpc) is 2.65. The molecule has 0 radical (unpaired) electrons. The molecule has 2 aromatic carbocycles. The third-order valence-electron chi connectivity index (χ3n) is 4.29. The quantitative estimate of drug-likeness (QED) is 0.828. The van der Waals surface area contributed by atoms with Crippen molar-refractivity contribution in [1.29, 1.82) is 5.26 Å². The predicted molar refractivity (Wildman–Crippen MR) is 94.1 cm³/mol. The fraction of sp³-hybridized carbons (Fsp3) is 0.300. The van der Waals surface area contributed by atoms with Gasteiger partial charge in [-0.1, -0.05) is 49.4 Å². The van der Waals surface area contributed by atoms with Crippen molar-refractivity contribution in [1.82, 2.24) is 0 Å². The number of nitrogens with zero attached hydrogens (tertiary/aromatic N) is 1. The maximum absolute atomic E-state index is 11.5. The van der Waals surface area contributed by atoms with Gasteiger partial charge in [-0.15, -0.1) is 0 Å². The van der Waals surface area contributed by atoms with Gasteiger partial charge in [0, 0.05) is 0 Å². The van der Waals surface area contributed by atoms with Crippen molar-refractivity contribution >= 4 is 5.97 Å². The maximum Gasteiger partial charge on any atom is 0.322 e. The van der Waals surface area contributed by atoms with E-state index >= 15 is 0 Å². The van der Waals surface area contributed by atoms with Crippen molar-refractivity contribution in [2.45, 2.75) is 25.8 Å². The molecule has 0 spiro atoms. The number of nitrogens with two attached hydrogens (primary N) is 1. The van der Waals surface area contributed by atoms with E-state index in [1.165, 1.54) is 12.7 Å². The first-order chi connectivity index (χ1) is 11.6. The molecule has 0 saturated heterocycles. The number of carbonyl (C=O) groups excluding carboxylic acids is 1. The summed E-state index contributed by atoms with van der Waals surface area (Å²) < 4.78 is 4.68. The molecule has 2 rings (SSSR count). The van der Waals surface area contributed by atoms with Crippen LogP contribution in [0, 0.1) is 17.2 Å². The summed E-state index contributed by atoms with van der Waals surface area (Å²) in [6, 6.07) is 17.4. The summed E-state index contributed by atoms with van der Waals surface area (Å²) in [6.07, 6.45) is 1.65. The fourth-order valence-corrected chi connectivity index (χ4v) is 2.63. The number of ether oxygens (including phenoxy) is 1. The Morgan fingerprint density at radius 2 is 1.88 bits per heavy atom. The second-order valence-corrected chi connectivity index (χ2v) is 5.92. The van der Waals surface area contributed by atoms with E-state index < -0.39 is 6.04 Å². The molecule has 0 aliphatic carbocycles. The molecule has 0 amide bonds. The molecule has 2 aromatic rings. The molecule has 1 unspecified atom stereocenters. The van der Waals surface area contributed by atoms with Crippen LogP contribution in [-0.4, -0.2) is 19.1 Å². The van der Waals surface area contributed by atoms with Crippen LogP contribution in [0.25, 0.3) is 11.1 Å². The number of methoxy groups -OCH3 is 1. The summed E-state index contributed by atoms with van der Waals surface area (Å²) in [7, 11) is 1.35. The molecule has 0 fully saturated rings. The highest BCUT2D eigenvalue weighted by Gasteiger charge is 2.21. The lowest BCUT2D eigenvalue weighted by Crippen LogP contribution is -2.37.